The van der Waals surface area contributed by atoms with Gasteiger partial charge in [-0.2, -0.15) is 10.2 Å². The molecule has 7 nitrogen and oxygen atoms in total. The lowest BCUT2D eigenvalue weighted by atomic mass is 10.3. The molecular weight excluding hydrogens is 306 g/mol. The van der Waals surface area contributed by atoms with Gasteiger partial charge in [-0.25, -0.2) is 0 Å². The molecule has 0 radical (unpaired) electrons. The summed E-state index contributed by atoms with van der Waals surface area (Å²) in [6, 6.07) is 10.6. The van der Waals surface area contributed by atoms with Gasteiger partial charge in [0, 0.05) is 43.2 Å². The van der Waals surface area contributed by atoms with Crippen LogP contribution in [0.4, 0.5) is 5.69 Å². The van der Waals surface area contributed by atoms with Crippen LogP contribution in [0.1, 0.15) is 12.0 Å². The van der Waals surface area contributed by atoms with Gasteiger partial charge in [-0.3, -0.25) is 9.48 Å². The third-order valence-electron chi connectivity index (χ3n) is 3.22. The van der Waals surface area contributed by atoms with Crippen molar-refractivity contribution >= 4 is 11.6 Å². The van der Waals surface area contributed by atoms with E-state index in [2.05, 4.69) is 20.6 Å². The molecule has 3 rings (SSSR count). The summed E-state index contributed by atoms with van der Waals surface area (Å²) in [6.45, 7) is 2.50. The average molecular weight is 323 g/mol. The van der Waals surface area contributed by atoms with E-state index >= 15 is 0 Å². The first kappa shape index (κ1) is 15.7. The molecule has 0 fully saturated rings. The van der Waals surface area contributed by atoms with Crippen LogP contribution >= 0.6 is 0 Å². The molecule has 3 aromatic rings. The molecule has 2 aromatic heterocycles. The molecule has 1 N–H and O–H groups in total. The molecule has 0 atom stereocenters. The van der Waals surface area contributed by atoms with E-state index in [4.69, 9.17) is 4.74 Å². The van der Waals surface area contributed by atoms with Crippen molar-refractivity contribution in [1.29, 1.82) is 0 Å². The monoisotopic (exact) mass is 323 g/mol. The number of carbonyl (C=O) groups is 1. The van der Waals surface area contributed by atoms with E-state index in [-0.39, 0.29) is 5.91 Å². The first-order valence-corrected chi connectivity index (χ1v) is 7.53. The number of aromatic nitrogens is 4. The van der Waals surface area contributed by atoms with Crippen LogP contribution in [0.3, 0.4) is 0 Å². The van der Waals surface area contributed by atoms with E-state index in [1.165, 1.54) is 0 Å². The van der Waals surface area contributed by atoms with Crippen LogP contribution < -0.4 is 10.1 Å². The van der Waals surface area contributed by atoms with Crippen LogP contribution in [0.5, 0.6) is 11.6 Å². The lowest BCUT2D eigenvalue weighted by Crippen LogP contribution is -2.14. The summed E-state index contributed by atoms with van der Waals surface area (Å²) in [4.78, 5) is 12.0. The zero-order valence-corrected chi connectivity index (χ0v) is 13.2. The molecule has 0 aliphatic carbocycles. The van der Waals surface area contributed by atoms with Gasteiger partial charge in [0.2, 0.25) is 11.8 Å². The number of ether oxygens (including phenoxy) is 1. The molecule has 2 heterocycles. The van der Waals surface area contributed by atoms with Gasteiger partial charge in [0.25, 0.3) is 0 Å². The lowest BCUT2D eigenvalue weighted by molar-refractivity contribution is -0.116. The topological polar surface area (TPSA) is 81.9 Å². The van der Waals surface area contributed by atoms with E-state index in [1.54, 1.807) is 53.5 Å². The summed E-state index contributed by atoms with van der Waals surface area (Å²) >= 11 is 0. The zero-order chi connectivity index (χ0) is 16.8. The lowest BCUT2D eigenvalue weighted by Gasteiger charge is -2.08. The Balaban J connectivity index is 1.56. The minimum atomic E-state index is -0.0835. The molecule has 1 aromatic carbocycles. The number of carbonyl (C=O) groups excluding carboxylic acids is 1. The molecule has 1 amide bonds. The minimum Gasteiger partial charge on any atom is -0.437 e. The molecule has 0 aliphatic heterocycles. The number of aryl methyl sites for hydroxylation is 2. The molecule has 0 spiro atoms. The highest BCUT2D eigenvalue weighted by atomic mass is 16.5. The highest BCUT2D eigenvalue weighted by molar-refractivity contribution is 5.90. The average Bonchev–Trinajstić information content (AvgIpc) is 3.00. The number of rotatable bonds is 6. The molecule has 7 heteroatoms. The second kappa shape index (κ2) is 7.36. The zero-order valence-electron chi connectivity index (χ0n) is 13.2. The Morgan fingerprint density at radius 3 is 2.96 bits per heavy atom. The molecule has 0 saturated heterocycles. The summed E-state index contributed by atoms with van der Waals surface area (Å²) in [5.41, 5.74) is 1.74. The quantitative estimate of drug-likeness (QED) is 0.754. The van der Waals surface area contributed by atoms with Crippen LogP contribution in [0.2, 0.25) is 0 Å². The van der Waals surface area contributed by atoms with Crippen molar-refractivity contribution in [2.45, 2.75) is 19.9 Å². The number of benzene rings is 1. The maximum Gasteiger partial charge on any atom is 0.238 e. The summed E-state index contributed by atoms with van der Waals surface area (Å²) in [7, 11) is 0. The number of amides is 1. The van der Waals surface area contributed by atoms with E-state index < -0.39 is 0 Å². The highest BCUT2D eigenvalue weighted by Gasteiger charge is 2.05. The fourth-order valence-electron chi connectivity index (χ4n) is 2.13. The SMILES string of the molecule is Cc1cnn(CCC(=O)Nc2cccc(Oc3cccnn3)c2)c1. The Hall–Kier alpha value is -3.22. The number of anilines is 1. The van der Waals surface area contributed by atoms with Gasteiger partial charge in [-0.05, 0) is 30.7 Å². The third kappa shape index (κ3) is 4.39. The second-order valence-electron chi connectivity index (χ2n) is 5.27. The second-order valence-corrected chi connectivity index (χ2v) is 5.27. The van der Waals surface area contributed by atoms with Crippen LogP contribution in [-0.4, -0.2) is 25.9 Å². The van der Waals surface area contributed by atoms with E-state index in [0.717, 1.165) is 5.56 Å². The van der Waals surface area contributed by atoms with Gasteiger partial charge in [0.15, 0.2) is 0 Å². The van der Waals surface area contributed by atoms with Crippen molar-refractivity contribution in [2.24, 2.45) is 0 Å². The maximum atomic E-state index is 12.0. The predicted molar refractivity (Wildman–Crippen MR) is 88.8 cm³/mol. The van der Waals surface area contributed by atoms with Gasteiger partial charge >= 0.3 is 0 Å². The smallest absolute Gasteiger partial charge is 0.238 e. The number of hydrogen-bond donors (Lipinski definition) is 1. The summed E-state index contributed by atoms with van der Waals surface area (Å²) in [6.07, 6.45) is 5.59. The third-order valence-corrected chi connectivity index (χ3v) is 3.22. The summed E-state index contributed by atoms with van der Waals surface area (Å²) in [5.74, 6) is 0.894. The summed E-state index contributed by atoms with van der Waals surface area (Å²) in [5, 5.41) is 14.6. The number of nitrogens with one attached hydrogen (secondary N) is 1. The van der Waals surface area contributed by atoms with E-state index in [9.17, 15) is 4.79 Å². The van der Waals surface area contributed by atoms with Crippen molar-refractivity contribution < 1.29 is 9.53 Å². The van der Waals surface area contributed by atoms with Gasteiger partial charge < -0.3 is 10.1 Å². The van der Waals surface area contributed by atoms with Crippen molar-refractivity contribution in [3.63, 3.8) is 0 Å². The molecule has 122 valence electrons. The van der Waals surface area contributed by atoms with Crippen molar-refractivity contribution in [2.75, 3.05) is 5.32 Å². The maximum absolute atomic E-state index is 12.0. The Bertz CT molecular complexity index is 817. The van der Waals surface area contributed by atoms with Gasteiger partial charge in [0.1, 0.15) is 5.75 Å². The van der Waals surface area contributed by atoms with Crippen LogP contribution in [0, 0.1) is 6.92 Å². The molecular formula is C17H17N5O2. The Kier molecular flexibility index (Phi) is 4.81. The highest BCUT2D eigenvalue weighted by Crippen LogP contribution is 2.22. The molecule has 0 aliphatic rings. The summed E-state index contributed by atoms with van der Waals surface area (Å²) < 4.78 is 7.35. The van der Waals surface area contributed by atoms with Gasteiger partial charge in [0.05, 0.1) is 6.20 Å². The molecule has 0 saturated carbocycles. The minimum absolute atomic E-state index is 0.0835. The van der Waals surface area contributed by atoms with E-state index in [0.29, 0.717) is 30.3 Å². The van der Waals surface area contributed by atoms with Crippen LogP contribution in [-0.2, 0) is 11.3 Å². The number of hydrogen-bond acceptors (Lipinski definition) is 5. The predicted octanol–water partition coefficient (Wildman–Crippen LogP) is 2.80. The largest absolute Gasteiger partial charge is 0.437 e. The standard InChI is InChI=1S/C17H17N5O2/c1-13-11-19-22(12-13)9-7-16(23)20-14-4-2-5-15(10-14)24-17-6-3-8-18-21-17/h2-6,8,10-12H,7,9H2,1H3,(H,20,23). The molecule has 0 bridgehead atoms. The molecule has 0 unspecified atom stereocenters. The Morgan fingerprint density at radius 1 is 1.29 bits per heavy atom. The van der Waals surface area contributed by atoms with Gasteiger partial charge in [-0.1, -0.05) is 6.07 Å². The molecule has 24 heavy (non-hydrogen) atoms. The van der Waals surface area contributed by atoms with Gasteiger partial charge in [-0.15, -0.1) is 5.10 Å². The van der Waals surface area contributed by atoms with Crippen LogP contribution in [0.25, 0.3) is 0 Å². The number of nitrogens with zero attached hydrogens (tertiary/aromatic N) is 4. The van der Waals surface area contributed by atoms with Crippen LogP contribution in [0.15, 0.2) is 55.0 Å². The first-order valence-electron chi connectivity index (χ1n) is 7.53. The fraction of sp³-hybridized carbons (Fsp3) is 0.176. The van der Waals surface area contributed by atoms with Crippen molar-refractivity contribution in [3.8, 4) is 11.6 Å². The van der Waals surface area contributed by atoms with E-state index in [1.807, 2.05) is 13.1 Å². The fourth-order valence-corrected chi connectivity index (χ4v) is 2.13. The normalized spacial score (nSPS) is 10.4. The van der Waals surface area contributed by atoms with Crippen molar-refractivity contribution in [1.82, 2.24) is 20.0 Å². The van der Waals surface area contributed by atoms with Crippen molar-refractivity contribution in [3.05, 3.63) is 60.6 Å². The first-order chi connectivity index (χ1) is 11.7. The Morgan fingerprint density at radius 2 is 2.21 bits per heavy atom. The Labute approximate surface area is 139 Å².